The molecule has 0 amide bonds. The fourth-order valence-corrected chi connectivity index (χ4v) is 0.972. The second kappa shape index (κ2) is 2.81. The largest absolute Gasteiger partial charge is 0.343 e. The van der Waals surface area contributed by atoms with E-state index in [0.717, 1.165) is 0 Å². The first-order chi connectivity index (χ1) is 4.30. The summed E-state index contributed by atoms with van der Waals surface area (Å²) in [5.41, 5.74) is 0. The van der Waals surface area contributed by atoms with Crippen LogP contribution in [-0.2, 0) is 4.57 Å². The van der Waals surface area contributed by atoms with E-state index in [0.29, 0.717) is 5.30 Å². The van der Waals surface area contributed by atoms with Crippen molar-refractivity contribution in [1.29, 1.82) is 0 Å². The van der Waals surface area contributed by atoms with Crippen LogP contribution in [0.15, 0.2) is 24.3 Å². The Hall–Kier alpha value is -0.590. The van der Waals surface area contributed by atoms with Crippen molar-refractivity contribution in [2.75, 3.05) is 0 Å². The van der Waals surface area contributed by atoms with E-state index in [-0.39, 0.29) is 0 Å². The van der Waals surface area contributed by atoms with Gasteiger partial charge in [-0.05, 0) is 12.1 Å². The van der Waals surface area contributed by atoms with Crippen LogP contribution in [0.5, 0.6) is 0 Å². The standard InChI is InChI=1S/C6H6O2P/c7-9(8)6-4-2-1-3-5-6/h1-4,9H,(H,7,8). The Labute approximate surface area is 54.0 Å². The van der Waals surface area contributed by atoms with Gasteiger partial charge in [-0.1, -0.05) is 18.2 Å². The molecule has 3 heteroatoms. The van der Waals surface area contributed by atoms with E-state index in [9.17, 15) is 4.57 Å². The second-order valence-electron chi connectivity index (χ2n) is 1.58. The third kappa shape index (κ3) is 1.67. The van der Waals surface area contributed by atoms with E-state index < -0.39 is 8.03 Å². The van der Waals surface area contributed by atoms with E-state index in [2.05, 4.69) is 6.07 Å². The summed E-state index contributed by atoms with van der Waals surface area (Å²) in [7, 11) is -2.52. The molecule has 0 bridgehead atoms. The van der Waals surface area contributed by atoms with Gasteiger partial charge in [0, 0.05) is 5.30 Å². The SMILES string of the molecule is O=[PH](O)c1[c]cccc1. The minimum atomic E-state index is -2.52. The highest BCUT2D eigenvalue weighted by atomic mass is 31.1. The molecule has 0 fully saturated rings. The highest BCUT2D eigenvalue weighted by molar-refractivity contribution is 7.47. The molecule has 0 saturated heterocycles. The molecule has 0 aliphatic carbocycles. The molecule has 1 aromatic carbocycles. The smallest absolute Gasteiger partial charge is 0.218 e. The molecule has 1 atom stereocenters. The lowest BCUT2D eigenvalue weighted by atomic mass is 10.4. The summed E-state index contributed by atoms with van der Waals surface area (Å²) in [6.07, 6.45) is 0. The van der Waals surface area contributed by atoms with Crippen LogP contribution in [0.1, 0.15) is 0 Å². The normalized spacial score (nSPS) is 13.0. The van der Waals surface area contributed by atoms with Gasteiger partial charge in [-0.25, -0.2) is 0 Å². The molecule has 1 aromatic rings. The first-order valence-corrected chi connectivity index (χ1v) is 3.86. The zero-order chi connectivity index (χ0) is 6.69. The molecule has 1 N–H and O–H groups in total. The molecule has 1 radical (unpaired) electrons. The molecular formula is C6H6O2P. The number of hydrogen-bond donors (Lipinski definition) is 1. The molecule has 0 aliphatic rings. The fraction of sp³-hybridized carbons (Fsp3) is 0. The fourth-order valence-electron chi connectivity index (χ4n) is 0.526. The molecule has 1 rings (SSSR count). The zero-order valence-corrected chi connectivity index (χ0v) is 5.66. The summed E-state index contributed by atoms with van der Waals surface area (Å²) in [6.45, 7) is 0. The molecule has 0 aliphatic heterocycles. The molecule has 47 valence electrons. The van der Waals surface area contributed by atoms with Gasteiger partial charge >= 0.3 is 0 Å². The Morgan fingerprint density at radius 2 is 2.33 bits per heavy atom. The van der Waals surface area contributed by atoms with Gasteiger partial charge in [-0.3, -0.25) is 4.57 Å². The van der Waals surface area contributed by atoms with Gasteiger partial charge in [0.05, 0.1) is 0 Å². The van der Waals surface area contributed by atoms with E-state index >= 15 is 0 Å². The van der Waals surface area contributed by atoms with E-state index in [1.807, 2.05) is 0 Å². The first kappa shape index (κ1) is 6.53. The summed E-state index contributed by atoms with van der Waals surface area (Å²) in [4.78, 5) is 8.54. The second-order valence-corrected chi connectivity index (χ2v) is 2.73. The van der Waals surface area contributed by atoms with Crippen LogP contribution in [0.3, 0.4) is 0 Å². The van der Waals surface area contributed by atoms with Crippen LogP contribution < -0.4 is 5.30 Å². The van der Waals surface area contributed by atoms with Crippen LogP contribution in [0.25, 0.3) is 0 Å². The minimum absolute atomic E-state index is 0.391. The van der Waals surface area contributed by atoms with E-state index in [1.165, 1.54) is 0 Å². The van der Waals surface area contributed by atoms with Gasteiger partial charge in [-0.2, -0.15) is 0 Å². The number of benzene rings is 1. The average Bonchev–Trinajstić information content (AvgIpc) is 1.90. The summed E-state index contributed by atoms with van der Waals surface area (Å²) < 4.78 is 10.4. The van der Waals surface area contributed by atoms with Crippen molar-refractivity contribution in [2.45, 2.75) is 0 Å². The van der Waals surface area contributed by atoms with Crippen molar-refractivity contribution in [3.63, 3.8) is 0 Å². The zero-order valence-electron chi connectivity index (χ0n) is 4.66. The van der Waals surface area contributed by atoms with Gasteiger partial charge in [0.25, 0.3) is 0 Å². The lowest BCUT2D eigenvalue weighted by Gasteiger charge is -1.89. The van der Waals surface area contributed by atoms with Gasteiger partial charge in [-0.15, -0.1) is 0 Å². The lowest BCUT2D eigenvalue weighted by Crippen LogP contribution is -1.92. The van der Waals surface area contributed by atoms with Gasteiger partial charge in [0.15, 0.2) is 0 Å². The highest BCUT2D eigenvalue weighted by Crippen LogP contribution is 2.10. The van der Waals surface area contributed by atoms with Crippen LogP contribution in [0.2, 0.25) is 0 Å². The third-order valence-electron chi connectivity index (χ3n) is 0.939. The van der Waals surface area contributed by atoms with E-state index in [1.54, 1.807) is 24.3 Å². The third-order valence-corrected chi connectivity index (χ3v) is 1.71. The van der Waals surface area contributed by atoms with Crippen molar-refractivity contribution < 1.29 is 9.46 Å². The monoisotopic (exact) mass is 141 g/mol. The maximum atomic E-state index is 10.4. The summed E-state index contributed by atoms with van der Waals surface area (Å²) in [6, 6.07) is 9.33. The molecule has 0 spiro atoms. The van der Waals surface area contributed by atoms with Crippen molar-refractivity contribution >= 4 is 13.3 Å². The van der Waals surface area contributed by atoms with Crippen LogP contribution in [-0.4, -0.2) is 4.89 Å². The Balaban J connectivity index is 2.98. The quantitative estimate of drug-likeness (QED) is 0.581. The number of hydrogen-bond acceptors (Lipinski definition) is 1. The summed E-state index contributed by atoms with van der Waals surface area (Å²) in [5.74, 6) is 0. The molecule has 9 heavy (non-hydrogen) atoms. The first-order valence-electron chi connectivity index (χ1n) is 2.51. The Morgan fingerprint density at radius 1 is 1.56 bits per heavy atom. The van der Waals surface area contributed by atoms with Crippen LogP contribution in [0, 0.1) is 6.07 Å². The summed E-state index contributed by atoms with van der Waals surface area (Å²) >= 11 is 0. The maximum Gasteiger partial charge on any atom is 0.218 e. The lowest BCUT2D eigenvalue weighted by molar-refractivity contribution is 0.513. The molecule has 1 unspecified atom stereocenters. The predicted molar refractivity (Wildman–Crippen MR) is 36.1 cm³/mol. The van der Waals surface area contributed by atoms with E-state index in [4.69, 9.17) is 4.89 Å². The van der Waals surface area contributed by atoms with Crippen LogP contribution in [0.4, 0.5) is 0 Å². The van der Waals surface area contributed by atoms with Gasteiger partial charge in [0.1, 0.15) is 0 Å². The Bertz CT molecular complexity index is 208. The van der Waals surface area contributed by atoms with Crippen molar-refractivity contribution in [3.05, 3.63) is 30.3 Å². The van der Waals surface area contributed by atoms with Crippen molar-refractivity contribution in [1.82, 2.24) is 0 Å². The molecule has 0 saturated carbocycles. The topological polar surface area (TPSA) is 37.3 Å². The maximum absolute atomic E-state index is 10.4. The van der Waals surface area contributed by atoms with Crippen molar-refractivity contribution in [2.24, 2.45) is 0 Å². The average molecular weight is 141 g/mol. The van der Waals surface area contributed by atoms with Gasteiger partial charge < -0.3 is 4.89 Å². The Kier molecular flexibility index (Phi) is 2.04. The molecule has 0 heterocycles. The number of rotatable bonds is 1. The molecular weight excluding hydrogens is 135 g/mol. The molecule has 0 aromatic heterocycles. The molecule has 2 nitrogen and oxygen atoms in total. The van der Waals surface area contributed by atoms with Gasteiger partial charge in [0.2, 0.25) is 8.03 Å². The summed E-state index contributed by atoms with van der Waals surface area (Å²) in [5, 5.41) is 0.391. The minimum Gasteiger partial charge on any atom is -0.343 e. The predicted octanol–water partition coefficient (Wildman–Crippen LogP) is 0.579. The highest BCUT2D eigenvalue weighted by Gasteiger charge is 1.93. The van der Waals surface area contributed by atoms with Crippen molar-refractivity contribution in [3.8, 4) is 0 Å². The Morgan fingerprint density at radius 3 is 2.67 bits per heavy atom. The van der Waals surface area contributed by atoms with Crippen LogP contribution >= 0.6 is 8.03 Å².